The number of benzene rings is 2. The predicted octanol–water partition coefficient (Wildman–Crippen LogP) is 2.65. The molecule has 4 rings (SSSR count). The van der Waals surface area contributed by atoms with E-state index in [4.69, 9.17) is 16.6 Å². The van der Waals surface area contributed by atoms with Crippen molar-refractivity contribution in [2.45, 2.75) is 6.54 Å². The second kappa shape index (κ2) is 7.05. The number of nitrogens with zero attached hydrogens (tertiary/aromatic N) is 3. The van der Waals surface area contributed by atoms with Crippen LogP contribution < -0.4 is 15.8 Å². The lowest BCUT2D eigenvalue weighted by atomic mass is 10.2. The van der Waals surface area contributed by atoms with E-state index in [-0.39, 0.29) is 17.9 Å². The fourth-order valence-electron chi connectivity index (χ4n) is 3.23. The van der Waals surface area contributed by atoms with Crippen LogP contribution in [0.2, 0.25) is 5.02 Å². The van der Waals surface area contributed by atoms with Crippen molar-refractivity contribution in [2.24, 2.45) is 0 Å². The Bertz CT molecular complexity index is 1010. The van der Waals surface area contributed by atoms with Crippen molar-refractivity contribution in [1.82, 2.24) is 14.9 Å². The lowest BCUT2D eigenvalue weighted by Crippen LogP contribution is -2.46. The molecule has 1 fully saturated rings. The van der Waals surface area contributed by atoms with Crippen molar-refractivity contribution in [3.05, 3.63) is 69.2 Å². The van der Waals surface area contributed by atoms with Crippen LogP contribution in [0.25, 0.3) is 10.9 Å². The third-order valence-corrected chi connectivity index (χ3v) is 4.82. The summed E-state index contributed by atoms with van der Waals surface area (Å²) in [5, 5.41) is 4.20. The summed E-state index contributed by atoms with van der Waals surface area (Å²) >= 11 is 6.06. The summed E-state index contributed by atoms with van der Waals surface area (Å²) in [6, 6.07) is 11.6. The summed E-state index contributed by atoms with van der Waals surface area (Å²) in [7, 11) is 0. The second-order valence-electron chi connectivity index (χ2n) is 6.29. The topological polar surface area (TPSA) is 50.2 Å². The predicted molar refractivity (Wildman–Crippen MR) is 102 cm³/mol. The molecule has 0 aliphatic carbocycles. The highest BCUT2D eigenvalue weighted by Crippen LogP contribution is 2.20. The Morgan fingerprint density at radius 1 is 1.15 bits per heavy atom. The summed E-state index contributed by atoms with van der Waals surface area (Å²) in [5.41, 5.74) is 0.834. The number of hydrogen-bond acceptors (Lipinski definition) is 4. The van der Waals surface area contributed by atoms with E-state index in [2.05, 4.69) is 10.2 Å². The summed E-state index contributed by atoms with van der Waals surface area (Å²) in [4.78, 5) is 19.9. The number of aromatic nitrogens is 2. The fourth-order valence-corrected chi connectivity index (χ4v) is 3.40. The van der Waals surface area contributed by atoms with Gasteiger partial charge in [-0.2, -0.15) is 0 Å². The van der Waals surface area contributed by atoms with Gasteiger partial charge in [-0.25, -0.2) is 9.37 Å². The molecule has 0 unspecified atom stereocenters. The molecule has 3 aromatic rings. The zero-order valence-electron chi connectivity index (χ0n) is 14.1. The molecule has 0 amide bonds. The summed E-state index contributed by atoms with van der Waals surface area (Å²) in [6.07, 6.45) is 0. The van der Waals surface area contributed by atoms with Gasteiger partial charge in [0.25, 0.3) is 5.56 Å². The first-order valence-corrected chi connectivity index (χ1v) is 8.90. The van der Waals surface area contributed by atoms with Crippen LogP contribution in [0.4, 0.5) is 10.3 Å². The molecule has 26 heavy (non-hydrogen) atoms. The molecule has 0 bridgehead atoms. The number of nitrogens with one attached hydrogen (secondary N) is 1. The zero-order valence-corrected chi connectivity index (χ0v) is 14.8. The molecule has 0 saturated carbocycles. The van der Waals surface area contributed by atoms with Crippen LogP contribution in [0.3, 0.4) is 0 Å². The van der Waals surface area contributed by atoms with Gasteiger partial charge in [-0.05, 0) is 24.3 Å². The first kappa shape index (κ1) is 17.0. The number of halogens is 2. The van der Waals surface area contributed by atoms with E-state index in [9.17, 15) is 9.18 Å². The Balaban J connectivity index is 1.90. The van der Waals surface area contributed by atoms with E-state index in [1.54, 1.807) is 41.0 Å². The fraction of sp³-hybridized carbons (Fsp3) is 0.263. The second-order valence-corrected chi connectivity index (χ2v) is 6.73. The maximum atomic E-state index is 14.2. The minimum atomic E-state index is -0.336. The lowest BCUT2D eigenvalue weighted by molar-refractivity contribution is 0.557. The van der Waals surface area contributed by atoms with Crippen molar-refractivity contribution in [1.29, 1.82) is 0 Å². The van der Waals surface area contributed by atoms with E-state index in [0.29, 0.717) is 27.4 Å². The van der Waals surface area contributed by atoms with Gasteiger partial charge in [-0.3, -0.25) is 9.36 Å². The van der Waals surface area contributed by atoms with Crippen LogP contribution in [0.1, 0.15) is 5.56 Å². The molecule has 7 heteroatoms. The maximum Gasteiger partial charge on any atom is 0.263 e. The standard InChI is InChI=1S/C19H18ClFN4O/c20-14-5-6-17-15(11-14)18(26)25(12-13-3-1-2-4-16(13)21)19(23-17)24-9-7-22-8-10-24/h1-6,11,22H,7-10,12H2. The highest BCUT2D eigenvalue weighted by Gasteiger charge is 2.20. The Morgan fingerprint density at radius 3 is 2.69 bits per heavy atom. The first-order valence-electron chi connectivity index (χ1n) is 8.52. The maximum absolute atomic E-state index is 14.2. The largest absolute Gasteiger partial charge is 0.340 e. The quantitative estimate of drug-likeness (QED) is 0.768. The molecule has 2 aromatic carbocycles. The van der Waals surface area contributed by atoms with Crippen LogP contribution >= 0.6 is 11.6 Å². The third-order valence-electron chi connectivity index (χ3n) is 4.58. The van der Waals surface area contributed by atoms with Gasteiger partial charge in [-0.15, -0.1) is 0 Å². The molecule has 1 aliphatic heterocycles. The van der Waals surface area contributed by atoms with Crippen LogP contribution in [0, 0.1) is 5.82 Å². The van der Waals surface area contributed by atoms with Crippen molar-refractivity contribution < 1.29 is 4.39 Å². The average Bonchev–Trinajstić information content (AvgIpc) is 2.66. The number of rotatable bonds is 3. The molecule has 1 aliphatic rings. The molecule has 1 aromatic heterocycles. The van der Waals surface area contributed by atoms with Gasteiger partial charge in [0.05, 0.1) is 17.4 Å². The Kier molecular flexibility index (Phi) is 4.61. The van der Waals surface area contributed by atoms with E-state index >= 15 is 0 Å². The van der Waals surface area contributed by atoms with Gasteiger partial charge in [-0.1, -0.05) is 29.8 Å². The molecular weight excluding hydrogens is 355 g/mol. The van der Waals surface area contributed by atoms with Gasteiger partial charge in [0.1, 0.15) is 5.82 Å². The molecule has 5 nitrogen and oxygen atoms in total. The van der Waals surface area contributed by atoms with Gasteiger partial charge in [0.15, 0.2) is 0 Å². The Morgan fingerprint density at radius 2 is 1.92 bits per heavy atom. The Hall–Kier alpha value is -2.44. The minimum absolute atomic E-state index is 0.125. The molecule has 1 N–H and O–H groups in total. The Labute approximate surface area is 155 Å². The average molecular weight is 373 g/mol. The van der Waals surface area contributed by atoms with Crippen LogP contribution in [0.15, 0.2) is 47.3 Å². The molecule has 134 valence electrons. The van der Waals surface area contributed by atoms with Gasteiger partial charge in [0, 0.05) is 36.8 Å². The zero-order chi connectivity index (χ0) is 18.1. The minimum Gasteiger partial charge on any atom is -0.340 e. The smallest absolute Gasteiger partial charge is 0.263 e. The molecule has 0 atom stereocenters. The van der Waals surface area contributed by atoms with Crippen LogP contribution in [-0.4, -0.2) is 35.7 Å². The van der Waals surface area contributed by atoms with Gasteiger partial charge in [0.2, 0.25) is 5.95 Å². The first-order chi connectivity index (χ1) is 12.6. The molecular formula is C19H18ClFN4O. The highest BCUT2D eigenvalue weighted by molar-refractivity contribution is 6.31. The van der Waals surface area contributed by atoms with Crippen molar-refractivity contribution in [3.63, 3.8) is 0 Å². The molecule has 1 saturated heterocycles. The molecule has 0 radical (unpaired) electrons. The highest BCUT2D eigenvalue weighted by atomic mass is 35.5. The van der Waals surface area contributed by atoms with Crippen molar-refractivity contribution >= 4 is 28.5 Å². The number of anilines is 1. The number of hydrogen-bond donors (Lipinski definition) is 1. The number of fused-ring (bicyclic) bond motifs is 1. The van der Waals surface area contributed by atoms with Crippen LogP contribution in [0.5, 0.6) is 0 Å². The van der Waals surface area contributed by atoms with Crippen LogP contribution in [-0.2, 0) is 6.54 Å². The molecule has 0 spiro atoms. The van der Waals surface area contributed by atoms with E-state index in [1.807, 2.05) is 0 Å². The summed E-state index contributed by atoms with van der Waals surface area (Å²) < 4.78 is 15.7. The van der Waals surface area contributed by atoms with E-state index in [1.165, 1.54) is 6.07 Å². The summed E-state index contributed by atoms with van der Waals surface area (Å²) in [5.74, 6) is 0.228. The van der Waals surface area contributed by atoms with E-state index in [0.717, 1.165) is 26.2 Å². The summed E-state index contributed by atoms with van der Waals surface area (Å²) in [6.45, 7) is 3.23. The van der Waals surface area contributed by atoms with Crippen molar-refractivity contribution in [3.8, 4) is 0 Å². The molecule has 2 heterocycles. The van der Waals surface area contributed by atoms with Gasteiger partial charge < -0.3 is 10.2 Å². The van der Waals surface area contributed by atoms with Crippen molar-refractivity contribution in [2.75, 3.05) is 31.1 Å². The third kappa shape index (κ3) is 3.18. The van der Waals surface area contributed by atoms with Gasteiger partial charge >= 0.3 is 0 Å². The monoisotopic (exact) mass is 372 g/mol. The van der Waals surface area contributed by atoms with E-state index < -0.39 is 0 Å². The lowest BCUT2D eigenvalue weighted by Gasteiger charge is -2.30. The SMILES string of the molecule is O=c1c2cc(Cl)ccc2nc(N2CCNCC2)n1Cc1ccccc1F. The normalized spacial score (nSPS) is 14.8. The number of piperazine rings is 1.